The van der Waals surface area contributed by atoms with Gasteiger partial charge in [-0.3, -0.25) is 9.78 Å². The van der Waals surface area contributed by atoms with E-state index in [1.165, 1.54) is 6.20 Å². The summed E-state index contributed by atoms with van der Waals surface area (Å²) in [5.41, 5.74) is 1.99. The molecule has 2 aromatic rings. The Bertz CT molecular complexity index is 645. The van der Waals surface area contributed by atoms with E-state index in [1.54, 1.807) is 24.5 Å². The number of nitrogens with one attached hydrogen (secondary N) is 2. The highest BCUT2D eigenvalue weighted by Gasteiger charge is 2.13. The topological polar surface area (TPSA) is 66.9 Å². The fourth-order valence-corrected chi connectivity index (χ4v) is 1.95. The van der Waals surface area contributed by atoms with Crippen LogP contribution in [-0.2, 0) is 0 Å². The van der Waals surface area contributed by atoms with Crippen molar-refractivity contribution in [1.82, 2.24) is 9.97 Å². The minimum absolute atomic E-state index is 0.267. The van der Waals surface area contributed by atoms with Crippen LogP contribution in [0.1, 0.15) is 29.3 Å². The summed E-state index contributed by atoms with van der Waals surface area (Å²) in [5, 5.41) is 6.28. The molecule has 0 radical (unpaired) electrons. The van der Waals surface area contributed by atoms with Crippen LogP contribution in [0.25, 0.3) is 0 Å². The second-order valence-electron chi connectivity index (χ2n) is 4.62. The predicted octanol–water partition coefficient (Wildman–Crippen LogP) is 3.51. The summed E-state index contributed by atoms with van der Waals surface area (Å²) in [4.78, 5) is 20.5. The number of hydrogen-bond donors (Lipinski definition) is 2. The van der Waals surface area contributed by atoms with E-state index in [9.17, 15) is 4.79 Å². The first-order chi connectivity index (χ1) is 10.1. The number of rotatable bonds is 5. The zero-order valence-corrected chi connectivity index (χ0v) is 12.7. The number of pyridine rings is 2. The van der Waals surface area contributed by atoms with Crippen LogP contribution < -0.4 is 10.6 Å². The summed E-state index contributed by atoms with van der Waals surface area (Å²) in [5.74, 6) is 0.370. The zero-order valence-electron chi connectivity index (χ0n) is 12.0. The number of aryl methyl sites for hydroxylation is 1. The van der Waals surface area contributed by atoms with Gasteiger partial charge in [0.05, 0.1) is 10.6 Å². The number of nitrogens with zero attached hydrogens (tertiary/aromatic N) is 2. The molecular weight excluding hydrogens is 288 g/mol. The van der Waals surface area contributed by atoms with Crippen LogP contribution in [0.5, 0.6) is 0 Å². The fourth-order valence-electron chi connectivity index (χ4n) is 1.77. The lowest BCUT2D eigenvalue weighted by Gasteiger charge is -2.10. The Morgan fingerprint density at radius 1 is 1.38 bits per heavy atom. The molecular formula is C15H17ClN4O. The molecule has 0 unspecified atom stereocenters. The maximum atomic E-state index is 12.3. The lowest BCUT2D eigenvalue weighted by atomic mass is 10.2. The lowest BCUT2D eigenvalue weighted by molar-refractivity contribution is 0.102. The molecule has 0 aliphatic heterocycles. The molecule has 0 aliphatic rings. The van der Waals surface area contributed by atoms with Gasteiger partial charge < -0.3 is 10.6 Å². The molecule has 0 atom stereocenters. The molecule has 0 saturated heterocycles. The highest BCUT2D eigenvalue weighted by Crippen LogP contribution is 2.20. The molecule has 2 heterocycles. The average molecular weight is 305 g/mol. The van der Waals surface area contributed by atoms with E-state index >= 15 is 0 Å². The first kappa shape index (κ1) is 15.3. The molecule has 21 heavy (non-hydrogen) atoms. The van der Waals surface area contributed by atoms with Crippen molar-refractivity contribution in [3.05, 3.63) is 46.9 Å². The fraction of sp³-hybridized carbons (Fsp3) is 0.267. The highest BCUT2D eigenvalue weighted by atomic mass is 35.5. The maximum absolute atomic E-state index is 12.3. The normalized spacial score (nSPS) is 10.2. The van der Waals surface area contributed by atoms with Crippen molar-refractivity contribution in [3.63, 3.8) is 0 Å². The van der Waals surface area contributed by atoms with Gasteiger partial charge >= 0.3 is 0 Å². The molecule has 2 rings (SSSR count). The maximum Gasteiger partial charge on any atom is 0.257 e. The molecule has 0 saturated carbocycles. The predicted molar refractivity (Wildman–Crippen MR) is 85.0 cm³/mol. The smallest absolute Gasteiger partial charge is 0.257 e. The SMILES string of the molecule is CCCNc1cc(C(=O)Nc2ccncc2C)c(Cl)cn1. The number of carbonyl (C=O) groups excluding carboxylic acids is 1. The van der Waals surface area contributed by atoms with Gasteiger partial charge in [-0.2, -0.15) is 0 Å². The van der Waals surface area contributed by atoms with Crippen LogP contribution in [0.15, 0.2) is 30.7 Å². The average Bonchev–Trinajstić information content (AvgIpc) is 2.48. The molecule has 110 valence electrons. The van der Waals surface area contributed by atoms with E-state index in [1.807, 2.05) is 6.92 Å². The summed E-state index contributed by atoms with van der Waals surface area (Å²) < 4.78 is 0. The van der Waals surface area contributed by atoms with Gasteiger partial charge in [-0.25, -0.2) is 4.98 Å². The van der Waals surface area contributed by atoms with E-state index in [0.717, 1.165) is 18.5 Å². The summed E-state index contributed by atoms with van der Waals surface area (Å²) in [6.07, 6.45) is 5.78. The minimum Gasteiger partial charge on any atom is -0.370 e. The molecule has 0 spiro atoms. The van der Waals surface area contributed by atoms with Crippen molar-refractivity contribution in [3.8, 4) is 0 Å². The van der Waals surface area contributed by atoms with Gasteiger partial charge in [0.25, 0.3) is 5.91 Å². The molecule has 2 N–H and O–H groups in total. The number of anilines is 2. The number of hydrogen-bond acceptors (Lipinski definition) is 4. The Labute approximate surface area is 128 Å². The van der Waals surface area contributed by atoms with Crippen molar-refractivity contribution < 1.29 is 4.79 Å². The van der Waals surface area contributed by atoms with Gasteiger partial charge in [0.1, 0.15) is 5.82 Å². The molecule has 0 fully saturated rings. The van der Waals surface area contributed by atoms with E-state index in [2.05, 4.69) is 27.5 Å². The van der Waals surface area contributed by atoms with Gasteiger partial charge in [-0.1, -0.05) is 18.5 Å². The highest BCUT2D eigenvalue weighted by molar-refractivity contribution is 6.34. The van der Waals surface area contributed by atoms with E-state index in [0.29, 0.717) is 22.1 Å². The van der Waals surface area contributed by atoms with Crippen LogP contribution in [0.3, 0.4) is 0 Å². The first-order valence-electron chi connectivity index (χ1n) is 6.73. The molecule has 2 aromatic heterocycles. The Morgan fingerprint density at radius 3 is 2.90 bits per heavy atom. The van der Waals surface area contributed by atoms with Crippen molar-refractivity contribution in [2.24, 2.45) is 0 Å². The van der Waals surface area contributed by atoms with Crippen LogP contribution in [-0.4, -0.2) is 22.4 Å². The van der Waals surface area contributed by atoms with Crippen molar-refractivity contribution in [2.45, 2.75) is 20.3 Å². The second-order valence-corrected chi connectivity index (χ2v) is 5.03. The minimum atomic E-state index is -0.267. The number of halogens is 1. The molecule has 0 bridgehead atoms. The standard InChI is InChI=1S/C15H17ClN4O/c1-3-5-18-14-7-11(12(16)9-19-14)15(21)20-13-4-6-17-8-10(13)2/h4,6-9H,3,5H2,1-2H3,(H,18,19)(H,17,20,21). The van der Waals surface area contributed by atoms with E-state index in [4.69, 9.17) is 11.6 Å². The van der Waals surface area contributed by atoms with Gasteiger partial charge in [0.15, 0.2) is 0 Å². The number of amides is 1. The molecule has 5 nitrogen and oxygen atoms in total. The van der Waals surface area contributed by atoms with Crippen LogP contribution in [0.4, 0.5) is 11.5 Å². The van der Waals surface area contributed by atoms with Crippen LogP contribution >= 0.6 is 11.6 Å². The third-order valence-corrected chi connectivity index (χ3v) is 3.23. The quantitative estimate of drug-likeness (QED) is 0.887. The third-order valence-electron chi connectivity index (χ3n) is 2.92. The summed E-state index contributed by atoms with van der Waals surface area (Å²) in [7, 11) is 0. The first-order valence-corrected chi connectivity index (χ1v) is 7.11. The van der Waals surface area contributed by atoms with Crippen molar-refractivity contribution in [1.29, 1.82) is 0 Å². The van der Waals surface area contributed by atoms with Crippen LogP contribution in [0.2, 0.25) is 5.02 Å². The Hall–Kier alpha value is -2.14. The summed E-state index contributed by atoms with van der Waals surface area (Å²) >= 11 is 6.07. The van der Waals surface area contributed by atoms with E-state index < -0.39 is 0 Å². The largest absolute Gasteiger partial charge is 0.370 e. The van der Waals surface area contributed by atoms with Gasteiger partial charge in [0, 0.05) is 30.8 Å². The molecule has 0 aromatic carbocycles. The van der Waals surface area contributed by atoms with Crippen molar-refractivity contribution in [2.75, 3.05) is 17.2 Å². The zero-order chi connectivity index (χ0) is 15.2. The Morgan fingerprint density at radius 2 is 2.19 bits per heavy atom. The Kier molecular flexibility index (Phi) is 5.11. The number of carbonyl (C=O) groups is 1. The lowest BCUT2D eigenvalue weighted by Crippen LogP contribution is -2.14. The van der Waals surface area contributed by atoms with E-state index in [-0.39, 0.29) is 5.91 Å². The summed E-state index contributed by atoms with van der Waals surface area (Å²) in [6, 6.07) is 3.41. The molecule has 6 heteroatoms. The molecule has 0 aliphatic carbocycles. The second kappa shape index (κ2) is 7.04. The Balaban J connectivity index is 2.20. The molecule has 1 amide bonds. The summed E-state index contributed by atoms with van der Waals surface area (Å²) in [6.45, 7) is 4.73. The van der Waals surface area contributed by atoms with Gasteiger partial charge in [0.2, 0.25) is 0 Å². The van der Waals surface area contributed by atoms with Crippen molar-refractivity contribution >= 4 is 29.0 Å². The van der Waals surface area contributed by atoms with Gasteiger partial charge in [-0.05, 0) is 31.0 Å². The third kappa shape index (κ3) is 3.92. The number of aromatic nitrogens is 2. The monoisotopic (exact) mass is 304 g/mol. The van der Waals surface area contributed by atoms with Gasteiger partial charge in [-0.15, -0.1) is 0 Å². The van der Waals surface area contributed by atoms with Crippen LogP contribution in [0, 0.1) is 6.92 Å².